The van der Waals surface area contributed by atoms with E-state index in [1.807, 2.05) is 12.1 Å². The van der Waals surface area contributed by atoms with Crippen LogP contribution < -0.4 is 5.73 Å². The van der Waals surface area contributed by atoms with Gasteiger partial charge in [-0.1, -0.05) is 36.9 Å². The van der Waals surface area contributed by atoms with Gasteiger partial charge in [-0.3, -0.25) is 0 Å². The van der Waals surface area contributed by atoms with Gasteiger partial charge in [0, 0.05) is 10.5 Å². The molecule has 1 saturated carbocycles. The van der Waals surface area contributed by atoms with Crippen LogP contribution in [-0.2, 0) is 0 Å². The number of hydrogen-bond acceptors (Lipinski definition) is 1. The van der Waals surface area contributed by atoms with Crippen molar-refractivity contribution in [3.63, 3.8) is 0 Å². The van der Waals surface area contributed by atoms with Crippen LogP contribution in [0, 0.1) is 5.92 Å². The normalized spacial score (nSPS) is 19.7. The number of nitrogens with two attached hydrogens (primary N) is 1. The molecular formula is C13H17BrClN. The first-order chi connectivity index (χ1) is 7.68. The van der Waals surface area contributed by atoms with Gasteiger partial charge in [0.2, 0.25) is 0 Å². The van der Waals surface area contributed by atoms with Gasteiger partial charge in [-0.15, -0.1) is 0 Å². The fourth-order valence-corrected chi connectivity index (χ4v) is 3.00. The largest absolute Gasteiger partial charge is 0.324 e. The van der Waals surface area contributed by atoms with Gasteiger partial charge in [0.05, 0.1) is 5.02 Å². The van der Waals surface area contributed by atoms with Gasteiger partial charge in [0.15, 0.2) is 0 Å². The van der Waals surface area contributed by atoms with Crippen molar-refractivity contribution in [2.75, 3.05) is 0 Å². The zero-order valence-electron chi connectivity index (χ0n) is 9.26. The molecule has 1 nitrogen and oxygen atoms in total. The molecule has 2 N–H and O–H groups in total. The van der Waals surface area contributed by atoms with Gasteiger partial charge in [-0.25, -0.2) is 0 Å². The molecule has 16 heavy (non-hydrogen) atoms. The summed E-state index contributed by atoms with van der Waals surface area (Å²) in [6, 6.07) is 6.19. The van der Waals surface area contributed by atoms with E-state index >= 15 is 0 Å². The van der Waals surface area contributed by atoms with Gasteiger partial charge in [0.25, 0.3) is 0 Å². The Hall–Kier alpha value is -0.0500. The predicted octanol–water partition coefficient (Wildman–Crippen LogP) is 4.68. The molecule has 0 heterocycles. The second kappa shape index (κ2) is 5.52. The van der Waals surface area contributed by atoms with Crippen molar-refractivity contribution in [2.24, 2.45) is 11.7 Å². The Morgan fingerprint density at radius 1 is 1.25 bits per heavy atom. The molecule has 0 aromatic heterocycles. The average molecular weight is 303 g/mol. The monoisotopic (exact) mass is 301 g/mol. The maximum atomic E-state index is 6.32. The summed E-state index contributed by atoms with van der Waals surface area (Å²) in [5.41, 5.74) is 7.52. The van der Waals surface area contributed by atoms with Crippen LogP contribution in [0.3, 0.4) is 0 Å². The topological polar surface area (TPSA) is 26.0 Å². The van der Waals surface area contributed by atoms with Gasteiger partial charge in [0.1, 0.15) is 0 Å². The molecule has 1 fully saturated rings. The summed E-state index contributed by atoms with van der Waals surface area (Å²) in [7, 11) is 0. The molecule has 0 spiro atoms. The maximum Gasteiger partial charge on any atom is 0.0548 e. The van der Waals surface area contributed by atoms with Crippen molar-refractivity contribution in [3.05, 3.63) is 33.3 Å². The summed E-state index contributed by atoms with van der Waals surface area (Å²) in [4.78, 5) is 0. The van der Waals surface area contributed by atoms with Crippen molar-refractivity contribution in [2.45, 2.75) is 38.1 Å². The SMILES string of the molecule is NC(c1ccc(Cl)c(Br)c1)C1CCCCC1. The van der Waals surface area contributed by atoms with E-state index in [0.29, 0.717) is 5.92 Å². The molecule has 1 aliphatic rings. The Balaban J connectivity index is 2.12. The maximum absolute atomic E-state index is 6.32. The van der Waals surface area contributed by atoms with E-state index in [-0.39, 0.29) is 6.04 Å². The van der Waals surface area contributed by atoms with Gasteiger partial charge < -0.3 is 5.73 Å². The molecule has 1 atom stereocenters. The van der Waals surface area contributed by atoms with Crippen molar-refractivity contribution < 1.29 is 0 Å². The molecule has 1 aliphatic carbocycles. The van der Waals surface area contributed by atoms with E-state index in [1.54, 1.807) is 0 Å². The smallest absolute Gasteiger partial charge is 0.0548 e. The first-order valence-electron chi connectivity index (χ1n) is 5.89. The number of benzene rings is 1. The zero-order chi connectivity index (χ0) is 11.5. The molecule has 88 valence electrons. The van der Waals surface area contributed by atoms with Crippen molar-refractivity contribution in [1.82, 2.24) is 0 Å². The van der Waals surface area contributed by atoms with Crippen LogP contribution in [0.4, 0.5) is 0 Å². The van der Waals surface area contributed by atoms with E-state index < -0.39 is 0 Å². The van der Waals surface area contributed by atoms with Crippen LogP contribution >= 0.6 is 27.5 Å². The van der Waals surface area contributed by atoms with Crippen LogP contribution in [0.15, 0.2) is 22.7 Å². The highest BCUT2D eigenvalue weighted by Crippen LogP contribution is 2.34. The molecule has 2 rings (SSSR count). The molecule has 0 radical (unpaired) electrons. The summed E-state index contributed by atoms with van der Waals surface area (Å²) in [6.07, 6.45) is 6.55. The van der Waals surface area contributed by atoms with E-state index in [4.69, 9.17) is 17.3 Å². The number of halogens is 2. The summed E-state index contributed by atoms with van der Waals surface area (Å²) in [5.74, 6) is 0.641. The minimum absolute atomic E-state index is 0.161. The molecule has 0 amide bonds. The lowest BCUT2D eigenvalue weighted by Gasteiger charge is -2.27. The summed E-state index contributed by atoms with van der Waals surface area (Å²) >= 11 is 9.43. The molecule has 1 aromatic carbocycles. The minimum Gasteiger partial charge on any atom is -0.324 e. The highest BCUT2D eigenvalue weighted by atomic mass is 79.9. The molecule has 3 heteroatoms. The highest BCUT2D eigenvalue weighted by Gasteiger charge is 2.22. The van der Waals surface area contributed by atoms with Crippen LogP contribution in [0.5, 0.6) is 0 Å². The molecule has 1 aromatic rings. The van der Waals surface area contributed by atoms with Crippen LogP contribution in [0.25, 0.3) is 0 Å². The van der Waals surface area contributed by atoms with Crippen molar-refractivity contribution in [3.8, 4) is 0 Å². The van der Waals surface area contributed by atoms with E-state index in [1.165, 1.54) is 37.7 Å². The third-order valence-electron chi connectivity index (χ3n) is 3.49. The molecule has 0 aliphatic heterocycles. The Kier molecular flexibility index (Phi) is 4.28. The standard InChI is InChI=1S/C13H17BrClN/c14-11-8-10(6-7-12(11)15)13(16)9-4-2-1-3-5-9/h6-9,13H,1-5,16H2. The minimum atomic E-state index is 0.161. The van der Waals surface area contributed by atoms with Gasteiger partial charge in [-0.05, 0) is 52.4 Å². The Morgan fingerprint density at radius 2 is 1.94 bits per heavy atom. The van der Waals surface area contributed by atoms with Crippen molar-refractivity contribution >= 4 is 27.5 Å². The third kappa shape index (κ3) is 2.79. The second-order valence-corrected chi connectivity index (χ2v) is 5.86. The van der Waals surface area contributed by atoms with Crippen LogP contribution in [-0.4, -0.2) is 0 Å². The zero-order valence-corrected chi connectivity index (χ0v) is 11.6. The third-order valence-corrected chi connectivity index (χ3v) is 4.70. The quantitative estimate of drug-likeness (QED) is 0.843. The average Bonchev–Trinajstić information content (AvgIpc) is 2.33. The Labute approximate surface area is 110 Å². The van der Waals surface area contributed by atoms with E-state index in [9.17, 15) is 0 Å². The number of rotatable bonds is 2. The summed E-state index contributed by atoms with van der Waals surface area (Å²) in [5, 5.41) is 0.750. The fourth-order valence-electron chi connectivity index (χ4n) is 2.49. The van der Waals surface area contributed by atoms with E-state index in [0.717, 1.165) is 9.50 Å². The second-order valence-electron chi connectivity index (χ2n) is 4.60. The van der Waals surface area contributed by atoms with E-state index in [2.05, 4.69) is 22.0 Å². The van der Waals surface area contributed by atoms with Crippen LogP contribution in [0.2, 0.25) is 5.02 Å². The molecular weight excluding hydrogens is 286 g/mol. The fraction of sp³-hybridized carbons (Fsp3) is 0.538. The number of hydrogen-bond donors (Lipinski definition) is 1. The van der Waals surface area contributed by atoms with Gasteiger partial charge >= 0.3 is 0 Å². The molecule has 0 bridgehead atoms. The Bertz CT molecular complexity index is 361. The van der Waals surface area contributed by atoms with Gasteiger partial charge in [-0.2, -0.15) is 0 Å². The summed E-state index contributed by atoms with van der Waals surface area (Å²) < 4.78 is 0.943. The summed E-state index contributed by atoms with van der Waals surface area (Å²) in [6.45, 7) is 0. The predicted molar refractivity (Wildman–Crippen MR) is 72.7 cm³/mol. The lowest BCUT2D eigenvalue weighted by molar-refractivity contribution is 0.308. The highest BCUT2D eigenvalue weighted by molar-refractivity contribution is 9.10. The lowest BCUT2D eigenvalue weighted by Crippen LogP contribution is -2.23. The first kappa shape index (κ1) is 12.4. The van der Waals surface area contributed by atoms with Crippen LogP contribution in [0.1, 0.15) is 43.7 Å². The molecule has 1 unspecified atom stereocenters. The lowest BCUT2D eigenvalue weighted by atomic mass is 9.81. The molecule has 0 saturated heterocycles. The Morgan fingerprint density at radius 3 is 2.56 bits per heavy atom. The van der Waals surface area contributed by atoms with Crippen molar-refractivity contribution in [1.29, 1.82) is 0 Å². The first-order valence-corrected chi connectivity index (χ1v) is 7.06.